The highest BCUT2D eigenvalue weighted by Crippen LogP contribution is 2.36. The van der Waals surface area contributed by atoms with Gasteiger partial charge in [0.2, 0.25) is 0 Å². The van der Waals surface area contributed by atoms with Crippen LogP contribution in [0.1, 0.15) is 0 Å². The van der Waals surface area contributed by atoms with Crippen LogP contribution in [0.15, 0.2) is 68.4 Å². The fourth-order valence-corrected chi connectivity index (χ4v) is 4.27. The zero-order valence-electron chi connectivity index (χ0n) is 12.3. The number of rotatable bonds is 4. The van der Waals surface area contributed by atoms with Crippen LogP contribution in [0.5, 0.6) is 5.75 Å². The molecule has 0 saturated carbocycles. The molecule has 0 bridgehead atoms. The van der Waals surface area contributed by atoms with E-state index in [0.29, 0.717) is 4.47 Å². The van der Waals surface area contributed by atoms with Crippen LogP contribution in [0.2, 0.25) is 0 Å². The van der Waals surface area contributed by atoms with E-state index in [0.717, 1.165) is 21.3 Å². The molecule has 3 aromatic carbocycles. The van der Waals surface area contributed by atoms with Crippen molar-refractivity contribution in [3.8, 4) is 5.75 Å². The Morgan fingerprint density at radius 3 is 2.48 bits per heavy atom. The van der Waals surface area contributed by atoms with Gasteiger partial charge >= 0.3 is 10.1 Å². The van der Waals surface area contributed by atoms with Crippen LogP contribution in [-0.2, 0) is 10.1 Å². The summed E-state index contributed by atoms with van der Waals surface area (Å²) in [6.07, 6.45) is 0. The molecule has 0 N–H and O–H groups in total. The highest BCUT2D eigenvalue weighted by Gasteiger charge is 2.21. The molecule has 0 aromatic heterocycles. The van der Waals surface area contributed by atoms with E-state index in [1.807, 2.05) is 18.2 Å². The van der Waals surface area contributed by atoms with Gasteiger partial charge in [-0.2, -0.15) is 8.42 Å². The molecular formula is C16H9Br2NO5S. The maximum Gasteiger partial charge on any atom is 0.339 e. The molecule has 0 atom stereocenters. The first-order chi connectivity index (χ1) is 11.8. The summed E-state index contributed by atoms with van der Waals surface area (Å²) < 4.78 is 31.4. The highest BCUT2D eigenvalue weighted by atomic mass is 79.9. The van der Waals surface area contributed by atoms with Gasteiger partial charge in [-0.3, -0.25) is 10.1 Å². The monoisotopic (exact) mass is 485 g/mol. The fraction of sp³-hybridized carbons (Fsp3) is 0. The lowest BCUT2D eigenvalue weighted by molar-refractivity contribution is -0.385. The van der Waals surface area contributed by atoms with E-state index in [-0.39, 0.29) is 16.3 Å². The van der Waals surface area contributed by atoms with Gasteiger partial charge in [0.15, 0.2) is 5.75 Å². The Hall–Kier alpha value is -1.97. The van der Waals surface area contributed by atoms with Crippen molar-refractivity contribution in [3.05, 3.63) is 73.7 Å². The van der Waals surface area contributed by atoms with E-state index in [1.54, 1.807) is 6.07 Å². The molecule has 0 heterocycles. The van der Waals surface area contributed by atoms with Gasteiger partial charge in [-0.15, -0.1) is 0 Å². The minimum absolute atomic E-state index is 0.0985. The van der Waals surface area contributed by atoms with Crippen molar-refractivity contribution < 1.29 is 17.5 Å². The Morgan fingerprint density at radius 2 is 1.76 bits per heavy atom. The standard InChI is InChI=1S/C16H9Br2NO5S/c17-11-5-6-14-10(8-11)4-7-15(16(14)18)24-25(22,23)13-3-1-2-12(9-13)19(20)21/h1-9H. The van der Waals surface area contributed by atoms with E-state index in [9.17, 15) is 18.5 Å². The summed E-state index contributed by atoms with van der Waals surface area (Å²) in [6, 6.07) is 13.5. The van der Waals surface area contributed by atoms with Crippen molar-refractivity contribution in [3.63, 3.8) is 0 Å². The Bertz CT molecular complexity index is 1100. The molecule has 0 unspecified atom stereocenters. The maximum atomic E-state index is 12.4. The summed E-state index contributed by atoms with van der Waals surface area (Å²) in [5.74, 6) is 0.0985. The molecule has 9 heteroatoms. The van der Waals surface area contributed by atoms with E-state index >= 15 is 0 Å². The molecule has 0 aliphatic rings. The SMILES string of the molecule is O=[N+]([O-])c1cccc(S(=O)(=O)Oc2ccc3cc(Br)ccc3c2Br)c1. The molecule has 0 aliphatic heterocycles. The van der Waals surface area contributed by atoms with Crippen LogP contribution in [0.3, 0.4) is 0 Å². The highest BCUT2D eigenvalue weighted by molar-refractivity contribution is 9.11. The first-order valence-electron chi connectivity index (χ1n) is 6.85. The second-order valence-corrected chi connectivity index (χ2v) is 8.29. The van der Waals surface area contributed by atoms with Gasteiger partial charge in [-0.05, 0) is 51.0 Å². The molecule has 3 aromatic rings. The van der Waals surface area contributed by atoms with E-state index in [2.05, 4.69) is 31.9 Å². The Labute approximate surface area is 160 Å². The molecule has 0 saturated heterocycles. The summed E-state index contributed by atoms with van der Waals surface area (Å²) in [5, 5.41) is 12.5. The minimum Gasteiger partial charge on any atom is -0.378 e. The number of non-ortho nitro benzene ring substituents is 1. The number of fused-ring (bicyclic) bond motifs is 1. The molecular weight excluding hydrogens is 478 g/mol. The smallest absolute Gasteiger partial charge is 0.339 e. The van der Waals surface area contributed by atoms with Crippen LogP contribution in [-0.4, -0.2) is 13.3 Å². The van der Waals surface area contributed by atoms with Crippen molar-refractivity contribution in [2.45, 2.75) is 4.90 Å². The Balaban J connectivity index is 2.02. The number of hydrogen-bond acceptors (Lipinski definition) is 5. The molecule has 128 valence electrons. The van der Waals surface area contributed by atoms with Gasteiger partial charge < -0.3 is 4.18 Å². The molecule has 0 amide bonds. The van der Waals surface area contributed by atoms with Gasteiger partial charge in [0, 0.05) is 16.6 Å². The van der Waals surface area contributed by atoms with Gasteiger partial charge in [0.25, 0.3) is 5.69 Å². The first kappa shape index (κ1) is 17.8. The number of halogens is 2. The number of nitro groups is 1. The van der Waals surface area contributed by atoms with E-state index in [1.165, 1.54) is 24.3 Å². The number of hydrogen-bond donors (Lipinski definition) is 0. The third kappa shape index (κ3) is 3.68. The molecule has 6 nitrogen and oxygen atoms in total. The lowest BCUT2D eigenvalue weighted by Gasteiger charge is -2.11. The number of nitrogens with zero attached hydrogens (tertiary/aromatic N) is 1. The van der Waals surface area contributed by atoms with Crippen molar-refractivity contribution in [2.75, 3.05) is 0 Å². The third-order valence-electron chi connectivity index (χ3n) is 3.40. The van der Waals surface area contributed by atoms with Crippen LogP contribution in [0.4, 0.5) is 5.69 Å². The summed E-state index contributed by atoms with van der Waals surface area (Å²) in [7, 11) is -4.21. The Kier molecular flexibility index (Phi) is 4.81. The average Bonchev–Trinajstić information content (AvgIpc) is 2.57. The summed E-state index contributed by atoms with van der Waals surface area (Å²) in [5.41, 5.74) is -0.327. The summed E-state index contributed by atoms with van der Waals surface area (Å²) in [6.45, 7) is 0. The minimum atomic E-state index is -4.21. The predicted octanol–water partition coefficient (Wildman–Crippen LogP) is 5.04. The number of nitro benzene ring substituents is 1. The quantitative estimate of drug-likeness (QED) is 0.293. The van der Waals surface area contributed by atoms with E-state index < -0.39 is 15.0 Å². The molecule has 3 rings (SSSR count). The van der Waals surface area contributed by atoms with Crippen LogP contribution in [0.25, 0.3) is 10.8 Å². The molecule has 0 fully saturated rings. The topological polar surface area (TPSA) is 86.5 Å². The average molecular weight is 487 g/mol. The van der Waals surface area contributed by atoms with E-state index in [4.69, 9.17) is 4.18 Å². The van der Waals surface area contributed by atoms with Gasteiger partial charge in [-0.25, -0.2) is 0 Å². The van der Waals surface area contributed by atoms with Gasteiger partial charge in [-0.1, -0.05) is 34.1 Å². The van der Waals surface area contributed by atoms with Crippen molar-refractivity contribution in [2.24, 2.45) is 0 Å². The van der Waals surface area contributed by atoms with Gasteiger partial charge in [0.1, 0.15) is 4.90 Å². The third-order valence-corrected chi connectivity index (χ3v) is 5.94. The van der Waals surface area contributed by atoms with Crippen LogP contribution >= 0.6 is 31.9 Å². The summed E-state index contributed by atoms with van der Waals surface area (Å²) in [4.78, 5) is 9.87. The zero-order chi connectivity index (χ0) is 18.2. The van der Waals surface area contributed by atoms with Crippen LogP contribution < -0.4 is 4.18 Å². The largest absolute Gasteiger partial charge is 0.378 e. The second-order valence-electron chi connectivity index (χ2n) is 5.04. The summed E-state index contributed by atoms with van der Waals surface area (Å²) >= 11 is 6.73. The fourth-order valence-electron chi connectivity index (χ4n) is 2.23. The van der Waals surface area contributed by atoms with Crippen molar-refractivity contribution in [1.29, 1.82) is 0 Å². The van der Waals surface area contributed by atoms with Gasteiger partial charge in [0.05, 0.1) is 9.40 Å². The lowest BCUT2D eigenvalue weighted by Crippen LogP contribution is -2.10. The Morgan fingerprint density at radius 1 is 1.00 bits per heavy atom. The molecule has 25 heavy (non-hydrogen) atoms. The van der Waals surface area contributed by atoms with Crippen molar-refractivity contribution in [1.82, 2.24) is 0 Å². The molecule has 0 spiro atoms. The van der Waals surface area contributed by atoms with Crippen LogP contribution in [0, 0.1) is 10.1 Å². The maximum absolute atomic E-state index is 12.4. The normalized spacial score (nSPS) is 11.4. The second kappa shape index (κ2) is 6.74. The van der Waals surface area contributed by atoms with Crippen molar-refractivity contribution >= 4 is 58.4 Å². The predicted molar refractivity (Wildman–Crippen MR) is 100 cm³/mol. The molecule has 0 aliphatic carbocycles. The first-order valence-corrected chi connectivity index (χ1v) is 9.84. The number of benzene rings is 3. The zero-order valence-corrected chi connectivity index (χ0v) is 16.3. The molecule has 0 radical (unpaired) electrons. The lowest BCUT2D eigenvalue weighted by atomic mass is 10.1.